The van der Waals surface area contributed by atoms with Crippen molar-refractivity contribution >= 4 is 35.6 Å². The average Bonchev–Trinajstić information content (AvgIpc) is 2.66. The van der Waals surface area contributed by atoms with Gasteiger partial charge in [-0.2, -0.15) is 0 Å². The van der Waals surface area contributed by atoms with Crippen molar-refractivity contribution < 1.29 is 20.8 Å². The molecule has 0 aromatic heterocycles. The first kappa shape index (κ1) is 18.0. The van der Waals surface area contributed by atoms with Gasteiger partial charge in [0.15, 0.2) is 0 Å². The van der Waals surface area contributed by atoms with Gasteiger partial charge in [-0.3, -0.25) is 0 Å². The zero-order chi connectivity index (χ0) is 18.1. The topological polar surface area (TPSA) is 130 Å². The molecule has 2 aromatic carbocycles. The summed E-state index contributed by atoms with van der Waals surface area (Å²) in [7, 11) is 0. The first-order valence-corrected chi connectivity index (χ1v) is 7.71. The maximum atomic E-state index is 8.87. The van der Waals surface area contributed by atoms with E-state index in [0.29, 0.717) is 11.1 Å². The van der Waals surface area contributed by atoms with Crippen LogP contribution in [0.1, 0.15) is 11.1 Å². The number of hydrogen-bond acceptors (Lipinski definition) is 9. The van der Waals surface area contributed by atoms with Gasteiger partial charge in [0, 0.05) is 20.9 Å². The van der Waals surface area contributed by atoms with Gasteiger partial charge < -0.3 is 20.8 Å². The van der Waals surface area contributed by atoms with E-state index in [4.69, 9.17) is 20.8 Å². The van der Waals surface area contributed by atoms with E-state index in [0.717, 1.165) is 22.2 Å². The largest absolute Gasteiger partial charge is 0.411 e. The van der Waals surface area contributed by atoms with E-state index in [1.54, 1.807) is 24.3 Å². The van der Waals surface area contributed by atoms with Gasteiger partial charge in [0.2, 0.25) is 0 Å². The minimum absolute atomic E-state index is 0.143. The molecule has 2 rings (SSSR count). The SMILES string of the molecule is ON=CC(=NO)c1ccc(Sc2ccc(C(C=NO)=NO)cc2)cc1. The highest BCUT2D eigenvalue weighted by Crippen LogP contribution is 2.28. The third-order valence-corrected chi connectivity index (χ3v) is 4.13. The lowest BCUT2D eigenvalue weighted by Crippen LogP contribution is -2.02. The normalized spacial score (nSPS) is 13.0. The lowest BCUT2D eigenvalue weighted by Gasteiger charge is -2.05. The predicted molar refractivity (Wildman–Crippen MR) is 94.2 cm³/mol. The van der Waals surface area contributed by atoms with E-state index in [1.165, 1.54) is 11.8 Å². The summed E-state index contributed by atoms with van der Waals surface area (Å²) in [6.45, 7) is 0. The van der Waals surface area contributed by atoms with E-state index in [-0.39, 0.29) is 11.4 Å². The average molecular weight is 358 g/mol. The van der Waals surface area contributed by atoms with Crippen molar-refractivity contribution in [1.29, 1.82) is 0 Å². The Hall–Kier alpha value is -3.33. The lowest BCUT2D eigenvalue weighted by atomic mass is 10.1. The van der Waals surface area contributed by atoms with Crippen LogP contribution in [-0.4, -0.2) is 44.7 Å². The molecule has 9 heteroatoms. The van der Waals surface area contributed by atoms with E-state index >= 15 is 0 Å². The third-order valence-electron chi connectivity index (χ3n) is 3.11. The van der Waals surface area contributed by atoms with Crippen molar-refractivity contribution in [3.63, 3.8) is 0 Å². The minimum atomic E-state index is 0.143. The molecule has 0 saturated heterocycles. The molecule has 0 unspecified atom stereocenters. The van der Waals surface area contributed by atoms with Crippen LogP contribution in [0.25, 0.3) is 0 Å². The highest BCUT2D eigenvalue weighted by molar-refractivity contribution is 7.99. The molecule has 0 amide bonds. The Morgan fingerprint density at radius 3 is 1.28 bits per heavy atom. The molecule has 25 heavy (non-hydrogen) atoms. The van der Waals surface area contributed by atoms with Crippen molar-refractivity contribution in [3.8, 4) is 0 Å². The molecule has 2 aromatic rings. The molecule has 0 fully saturated rings. The number of rotatable bonds is 6. The van der Waals surface area contributed by atoms with Crippen LogP contribution in [0.5, 0.6) is 0 Å². The van der Waals surface area contributed by atoms with Crippen LogP contribution >= 0.6 is 11.8 Å². The van der Waals surface area contributed by atoms with Crippen LogP contribution in [0.3, 0.4) is 0 Å². The van der Waals surface area contributed by atoms with E-state index in [9.17, 15) is 0 Å². The van der Waals surface area contributed by atoms with Crippen molar-refractivity contribution in [1.82, 2.24) is 0 Å². The van der Waals surface area contributed by atoms with Gasteiger partial charge in [0.25, 0.3) is 0 Å². The maximum absolute atomic E-state index is 8.87. The predicted octanol–water partition coefficient (Wildman–Crippen LogP) is 3.11. The Balaban J connectivity index is 2.12. The van der Waals surface area contributed by atoms with Gasteiger partial charge in [0.1, 0.15) is 11.4 Å². The Morgan fingerprint density at radius 2 is 1.00 bits per heavy atom. The lowest BCUT2D eigenvalue weighted by molar-refractivity contribution is 0.316. The summed E-state index contributed by atoms with van der Waals surface area (Å²) >= 11 is 1.50. The van der Waals surface area contributed by atoms with Gasteiger partial charge in [0.05, 0.1) is 12.4 Å². The minimum Gasteiger partial charge on any atom is -0.411 e. The van der Waals surface area contributed by atoms with Gasteiger partial charge in [-0.15, -0.1) is 0 Å². The quantitative estimate of drug-likeness (QED) is 0.358. The maximum Gasteiger partial charge on any atom is 0.131 e. The van der Waals surface area contributed by atoms with Crippen LogP contribution in [-0.2, 0) is 0 Å². The zero-order valence-corrected chi connectivity index (χ0v) is 13.6. The van der Waals surface area contributed by atoms with Crippen LogP contribution in [0.15, 0.2) is 78.9 Å². The van der Waals surface area contributed by atoms with E-state index in [2.05, 4.69) is 20.6 Å². The van der Waals surface area contributed by atoms with Crippen LogP contribution in [0.2, 0.25) is 0 Å². The molecule has 8 nitrogen and oxygen atoms in total. The smallest absolute Gasteiger partial charge is 0.131 e. The summed E-state index contributed by atoms with van der Waals surface area (Å²) in [6, 6.07) is 14.3. The van der Waals surface area contributed by atoms with Crippen LogP contribution in [0.4, 0.5) is 0 Å². The van der Waals surface area contributed by atoms with E-state index in [1.807, 2.05) is 24.3 Å². The summed E-state index contributed by atoms with van der Waals surface area (Å²) < 4.78 is 0. The fourth-order valence-corrected chi connectivity index (χ4v) is 2.77. The number of benzene rings is 2. The number of nitrogens with zero attached hydrogens (tertiary/aromatic N) is 4. The van der Waals surface area contributed by atoms with Gasteiger partial charge in [-0.05, 0) is 24.3 Å². The molecule has 0 aliphatic rings. The van der Waals surface area contributed by atoms with Crippen molar-refractivity contribution in [3.05, 3.63) is 59.7 Å². The number of oxime groups is 4. The summed E-state index contributed by atoms with van der Waals surface area (Å²) in [5, 5.41) is 46.6. The van der Waals surface area contributed by atoms with E-state index < -0.39 is 0 Å². The highest BCUT2D eigenvalue weighted by Gasteiger charge is 2.05. The monoisotopic (exact) mass is 358 g/mol. The van der Waals surface area contributed by atoms with Gasteiger partial charge >= 0.3 is 0 Å². The molecule has 0 aliphatic carbocycles. The van der Waals surface area contributed by atoms with Crippen LogP contribution in [0, 0.1) is 0 Å². The molecular weight excluding hydrogens is 344 g/mol. The Bertz CT molecular complexity index is 746. The third kappa shape index (κ3) is 4.82. The molecule has 4 N–H and O–H groups in total. The van der Waals surface area contributed by atoms with Crippen molar-refractivity contribution in [2.45, 2.75) is 9.79 Å². The zero-order valence-electron chi connectivity index (χ0n) is 12.8. The van der Waals surface area contributed by atoms with Crippen molar-refractivity contribution in [2.75, 3.05) is 0 Å². The molecule has 0 bridgehead atoms. The fourth-order valence-electron chi connectivity index (χ4n) is 1.95. The van der Waals surface area contributed by atoms with Crippen LogP contribution < -0.4 is 0 Å². The molecule has 0 saturated carbocycles. The van der Waals surface area contributed by atoms with Gasteiger partial charge in [-0.25, -0.2) is 0 Å². The Kier molecular flexibility index (Phi) is 6.55. The first-order valence-electron chi connectivity index (χ1n) is 6.89. The Morgan fingerprint density at radius 1 is 0.640 bits per heavy atom. The molecule has 128 valence electrons. The molecular formula is C16H14N4O4S. The molecule has 0 atom stereocenters. The Labute approximate surface area is 147 Å². The molecule has 0 heterocycles. The summed E-state index contributed by atoms with van der Waals surface area (Å²) in [5.41, 5.74) is 1.49. The second kappa shape index (κ2) is 9.08. The fraction of sp³-hybridized carbons (Fsp3) is 0. The molecule has 0 spiro atoms. The molecule has 0 aliphatic heterocycles. The highest BCUT2D eigenvalue weighted by atomic mass is 32.2. The summed E-state index contributed by atoms with van der Waals surface area (Å²) in [4.78, 5) is 1.89. The standard InChI is InChI=1S/C16H14N4O4S/c21-17-9-15(19-23)11-1-5-13(6-2-11)25-14-7-3-12(4-8-14)16(20-24)10-18-22/h1-10,21-24H. The number of hydrogen-bond donors (Lipinski definition) is 4. The summed E-state index contributed by atoms with van der Waals surface area (Å²) in [5.74, 6) is 0. The summed E-state index contributed by atoms with van der Waals surface area (Å²) in [6.07, 6.45) is 2.08. The van der Waals surface area contributed by atoms with Gasteiger partial charge in [-0.1, -0.05) is 56.7 Å². The second-order valence-corrected chi connectivity index (χ2v) is 5.76. The van der Waals surface area contributed by atoms with Crippen molar-refractivity contribution in [2.24, 2.45) is 20.6 Å². The molecule has 0 radical (unpaired) electrons. The first-order chi connectivity index (χ1) is 12.2. The second-order valence-electron chi connectivity index (χ2n) is 4.61.